The molecule has 154 valence electrons. The highest BCUT2D eigenvalue weighted by Crippen LogP contribution is 2.42. The molecule has 0 N–H and O–H groups in total. The Bertz CT molecular complexity index is 1060. The highest BCUT2D eigenvalue weighted by atomic mass is 16.5. The normalized spacial score (nSPS) is 15.6. The molecule has 30 heavy (non-hydrogen) atoms. The molecule has 0 spiro atoms. The first kappa shape index (κ1) is 19.6. The molecule has 1 atom stereocenters. The molecule has 0 saturated carbocycles. The third kappa shape index (κ3) is 3.39. The van der Waals surface area contributed by atoms with Crippen LogP contribution in [0.15, 0.2) is 70.4 Å². The summed E-state index contributed by atoms with van der Waals surface area (Å²) < 4.78 is 21.8. The molecule has 0 saturated heterocycles. The highest BCUT2D eigenvalue weighted by Gasteiger charge is 2.36. The number of rotatable bonds is 6. The van der Waals surface area contributed by atoms with Crippen LogP contribution in [-0.2, 0) is 0 Å². The lowest BCUT2D eigenvalue weighted by atomic mass is 10.0. The zero-order valence-electron chi connectivity index (χ0n) is 17.0. The van der Waals surface area contributed by atoms with Gasteiger partial charge in [-0.05, 0) is 29.8 Å². The zero-order chi connectivity index (χ0) is 21.1. The number of carbonyl (C=O) groups excluding carboxylic acids is 1. The van der Waals surface area contributed by atoms with E-state index >= 15 is 0 Å². The summed E-state index contributed by atoms with van der Waals surface area (Å²) in [6, 6.07) is 16.5. The molecule has 7 nitrogen and oxygen atoms in total. The number of nitrogens with zero attached hydrogens (tertiary/aromatic N) is 2. The van der Waals surface area contributed by atoms with Crippen LogP contribution in [0.2, 0.25) is 0 Å². The summed E-state index contributed by atoms with van der Waals surface area (Å²) in [5.41, 5.74) is 2.03. The molecule has 0 radical (unpaired) electrons. The van der Waals surface area contributed by atoms with Crippen LogP contribution in [0.25, 0.3) is 0 Å². The van der Waals surface area contributed by atoms with Crippen molar-refractivity contribution in [2.45, 2.75) is 12.5 Å². The van der Waals surface area contributed by atoms with E-state index in [1.165, 1.54) is 26.3 Å². The van der Waals surface area contributed by atoms with Gasteiger partial charge in [-0.3, -0.25) is 4.79 Å². The summed E-state index contributed by atoms with van der Waals surface area (Å²) in [5, 5.41) is 6.10. The SMILES string of the molecule is COc1ccc(C(=O)N2N=C(c3ccco3)CC2c2ccccc2)c(OC)c1OC. The summed E-state index contributed by atoms with van der Waals surface area (Å²) in [4.78, 5) is 13.6. The van der Waals surface area contributed by atoms with Crippen LogP contribution in [0.1, 0.15) is 34.1 Å². The molecule has 3 aromatic rings. The number of hydrogen-bond donors (Lipinski definition) is 0. The first-order valence-electron chi connectivity index (χ1n) is 9.46. The van der Waals surface area contributed by atoms with Crippen LogP contribution in [0.4, 0.5) is 0 Å². The number of ether oxygens (including phenoxy) is 3. The predicted molar refractivity (Wildman–Crippen MR) is 111 cm³/mol. The topological polar surface area (TPSA) is 73.5 Å². The smallest absolute Gasteiger partial charge is 0.278 e. The molecular weight excluding hydrogens is 384 g/mol. The fourth-order valence-electron chi connectivity index (χ4n) is 3.62. The number of amides is 1. The number of furan rings is 1. The number of methoxy groups -OCH3 is 3. The lowest BCUT2D eigenvalue weighted by molar-refractivity contribution is 0.0707. The predicted octanol–water partition coefficient (Wildman–Crippen LogP) is 4.30. The molecule has 1 unspecified atom stereocenters. The van der Waals surface area contributed by atoms with Gasteiger partial charge in [0.15, 0.2) is 11.5 Å². The fraction of sp³-hybridized carbons (Fsp3) is 0.217. The van der Waals surface area contributed by atoms with Crippen LogP contribution < -0.4 is 14.2 Å². The minimum atomic E-state index is -0.303. The van der Waals surface area contributed by atoms with Crippen LogP contribution in [0, 0.1) is 0 Å². The minimum Gasteiger partial charge on any atom is -0.493 e. The molecule has 1 aliphatic heterocycles. The van der Waals surface area contributed by atoms with Crippen molar-refractivity contribution in [3.63, 3.8) is 0 Å². The summed E-state index contributed by atoms with van der Waals surface area (Å²) in [6.07, 6.45) is 2.14. The van der Waals surface area contributed by atoms with Crippen LogP contribution in [-0.4, -0.2) is 38.0 Å². The number of hydrogen-bond acceptors (Lipinski definition) is 6. The van der Waals surface area contributed by atoms with Crippen LogP contribution in [0.3, 0.4) is 0 Å². The molecule has 1 aliphatic rings. The molecule has 0 fully saturated rings. The zero-order valence-corrected chi connectivity index (χ0v) is 17.0. The van der Waals surface area contributed by atoms with Gasteiger partial charge in [-0.15, -0.1) is 0 Å². The Morgan fingerprint density at radius 3 is 2.37 bits per heavy atom. The molecule has 7 heteroatoms. The first-order valence-corrected chi connectivity index (χ1v) is 9.46. The molecule has 4 rings (SSSR count). The molecule has 0 bridgehead atoms. The van der Waals surface area contributed by atoms with Gasteiger partial charge in [-0.1, -0.05) is 30.3 Å². The Balaban J connectivity index is 1.78. The van der Waals surface area contributed by atoms with Crippen LogP contribution >= 0.6 is 0 Å². The van der Waals surface area contributed by atoms with Gasteiger partial charge < -0.3 is 18.6 Å². The van der Waals surface area contributed by atoms with Crippen molar-refractivity contribution in [3.8, 4) is 17.2 Å². The largest absolute Gasteiger partial charge is 0.493 e. The van der Waals surface area contributed by atoms with Crippen molar-refractivity contribution >= 4 is 11.6 Å². The number of carbonyl (C=O) groups is 1. The number of benzene rings is 2. The Kier molecular flexibility index (Phi) is 5.43. The molecule has 2 aromatic carbocycles. The second-order valence-electron chi connectivity index (χ2n) is 6.69. The van der Waals surface area contributed by atoms with Crippen molar-refractivity contribution < 1.29 is 23.4 Å². The van der Waals surface area contributed by atoms with Gasteiger partial charge in [0.05, 0.1) is 39.2 Å². The van der Waals surface area contributed by atoms with E-state index in [2.05, 4.69) is 5.10 Å². The van der Waals surface area contributed by atoms with E-state index < -0.39 is 0 Å². The van der Waals surface area contributed by atoms with E-state index in [4.69, 9.17) is 18.6 Å². The maximum Gasteiger partial charge on any atom is 0.278 e. The quantitative estimate of drug-likeness (QED) is 0.610. The van der Waals surface area contributed by atoms with Crippen molar-refractivity contribution in [3.05, 3.63) is 77.7 Å². The molecule has 1 aromatic heterocycles. The second-order valence-corrected chi connectivity index (χ2v) is 6.69. The Morgan fingerprint density at radius 2 is 1.73 bits per heavy atom. The van der Waals surface area contributed by atoms with E-state index in [0.29, 0.717) is 40.7 Å². The van der Waals surface area contributed by atoms with Crippen molar-refractivity contribution in [1.29, 1.82) is 0 Å². The Hall–Kier alpha value is -3.74. The monoisotopic (exact) mass is 406 g/mol. The lowest BCUT2D eigenvalue weighted by Gasteiger charge is -2.23. The van der Waals surface area contributed by atoms with Gasteiger partial charge in [0.2, 0.25) is 5.75 Å². The summed E-state index contributed by atoms with van der Waals surface area (Å²) in [5.74, 6) is 1.48. The van der Waals surface area contributed by atoms with Crippen molar-refractivity contribution in [1.82, 2.24) is 5.01 Å². The van der Waals surface area contributed by atoms with E-state index in [1.54, 1.807) is 24.5 Å². The highest BCUT2D eigenvalue weighted by molar-refractivity contribution is 6.04. The van der Waals surface area contributed by atoms with E-state index in [9.17, 15) is 4.79 Å². The van der Waals surface area contributed by atoms with Gasteiger partial charge in [-0.25, -0.2) is 5.01 Å². The van der Waals surface area contributed by atoms with Gasteiger partial charge >= 0.3 is 0 Å². The first-order chi connectivity index (χ1) is 14.7. The average molecular weight is 406 g/mol. The van der Waals surface area contributed by atoms with Crippen molar-refractivity contribution in [2.75, 3.05) is 21.3 Å². The third-order valence-electron chi connectivity index (χ3n) is 5.04. The minimum absolute atomic E-state index is 0.267. The third-order valence-corrected chi connectivity index (χ3v) is 5.04. The summed E-state index contributed by atoms with van der Waals surface area (Å²) in [7, 11) is 4.53. The lowest BCUT2D eigenvalue weighted by Crippen LogP contribution is -2.27. The van der Waals surface area contributed by atoms with Crippen LogP contribution in [0.5, 0.6) is 17.2 Å². The Labute approximate surface area is 174 Å². The van der Waals surface area contributed by atoms with Gasteiger partial charge in [0.25, 0.3) is 5.91 Å². The molecule has 2 heterocycles. The average Bonchev–Trinajstić information content (AvgIpc) is 3.48. The summed E-state index contributed by atoms with van der Waals surface area (Å²) in [6.45, 7) is 0. The molecule has 1 amide bonds. The maximum absolute atomic E-state index is 13.6. The molecule has 0 aliphatic carbocycles. The maximum atomic E-state index is 13.6. The fourth-order valence-corrected chi connectivity index (χ4v) is 3.62. The van der Waals surface area contributed by atoms with Gasteiger partial charge in [0.1, 0.15) is 11.5 Å². The standard InChI is InChI=1S/C23H22N2O5/c1-27-20-12-11-16(21(28-2)22(20)29-3)23(26)25-18(15-8-5-4-6-9-15)14-17(24-25)19-10-7-13-30-19/h4-13,18H,14H2,1-3H3. The number of hydrazone groups is 1. The van der Waals surface area contributed by atoms with E-state index in [1.807, 2.05) is 36.4 Å². The summed E-state index contributed by atoms with van der Waals surface area (Å²) >= 11 is 0. The molecular formula is C23H22N2O5. The van der Waals surface area contributed by atoms with Gasteiger partial charge in [0, 0.05) is 6.42 Å². The van der Waals surface area contributed by atoms with E-state index in [0.717, 1.165) is 5.56 Å². The second kappa shape index (κ2) is 8.32. The van der Waals surface area contributed by atoms with E-state index in [-0.39, 0.29) is 11.9 Å². The van der Waals surface area contributed by atoms with Crippen molar-refractivity contribution in [2.24, 2.45) is 5.10 Å². The Morgan fingerprint density at radius 1 is 0.967 bits per heavy atom. The van der Waals surface area contributed by atoms with Gasteiger partial charge in [-0.2, -0.15) is 5.10 Å².